The fourth-order valence-corrected chi connectivity index (χ4v) is 3.16. The summed E-state index contributed by atoms with van der Waals surface area (Å²) in [6.45, 7) is 0. The quantitative estimate of drug-likeness (QED) is 0.882. The van der Waals surface area contributed by atoms with E-state index in [0.717, 1.165) is 18.6 Å². The average Bonchev–Trinajstić information content (AvgIpc) is 2.95. The minimum atomic E-state index is -0.131. The minimum Gasteiger partial charge on any atom is -0.497 e. The van der Waals surface area contributed by atoms with Crippen LogP contribution in [0.2, 0.25) is 0 Å². The molecule has 0 atom stereocenters. The zero-order valence-corrected chi connectivity index (χ0v) is 11.1. The summed E-state index contributed by atoms with van der Waals surface area (Å²) in [4.78, 5) is 0. The first kappa shape index (κ1) is 11.6. The molecule has 0 radical (unpaired) electrons. The number of aromatic nitrogens is 1. The van der Waals surface area contributed by atoms with Crippen molar-refractivity contribution in [2.75, 3.05) is 7.11 Å². The second-order valence-electron chi connectivity index (χ2n) is 5.40. The van der Waals surface area contributed by atoms with Crippen molar-refractivity contribution in [3.8, 4) is 5.75 Å². The maximum atomic E-state index is 6.59. The van der Waals surface area contributed by atoms with Crippen LogP contribution in [0, 0.1) is 0 Å². The van der Waals surface area contributed by atoms with E-state index >= 15 is 0 Å². The lowest BCUT2D eigenvalue weighted by molar-refractivity contribution is 0.415. The third-order valence-electron chi connectivity index (χ3n) is 4.23. The molecule has 3 rings (SSSR count). The lowest BCUT2D eigenvalue weighted by Gasteiger charge is -2.23. The Hall–Kier alpha value is -1.48. The Kier molecular flexibility index (Phi) is 2.59. The van der Waals surface area contributed by atoms with E-state index in [0.29, 0.717) is 0 Å². The largest absolute Gasteiger partial charge is 0.497 e. The van der Waals surface area contributed by atoms with Gasteiger partial charge in [-0.2, -0.15) is 0 Å². The first-order chi connectivity index (χ1) is 8.64. The van der Waals surface area contributed by atoms with Crippen molar-refractivity contribution < 1.29 is 4.74 Å². The second kappa shape index (κ2) is 4.02. The number of ether oxygens (including phenoxy) is 1. The second-order valence-corrected chi connectivity index (χ2v) is 5.40. The highest BCUT2D eigenvalue weighted by molar-refractivity contribution is 5.86. The lowest BCUT2D eigenvalue weighted by Crippen LogP contribution is -2.32. The van der Waals surface area contributed by atoms with Crippen LogP contribution in [0.25, 0.3) is 10.9 Å². The average molecular weight is 244 g/mol. The molecule has 1 heterocycles. The highest BCUT2D eigenvalue weighted by atomic mass is 16.5. The molecule has 0 amide bonds. The molecule has 2 aromatic rings. The van der Waals surface area contributed by atoms with E-state index < -0.39 is 0 Å². The van der Waals surface area contributed by atoms with E-state index in [1.54, 1.807) is 7.11 Å². The third kappa shape index (κ3) is 1.62. The highest BCUT2D eigenvalue weighted by Crippen LogP contribution is 2.40. The zero-order valence-electron chi connectivity index (χ0n) is 11.1. The van der Waals surface area contributed by atoms with E-state index in [-0.39, 0.29) is 5.54 Å². The smallest absolute Gasteiger partial charge is 0.120 e. The van der Waals surface area contributed by atoms with Gasteiger partial charge in [0.2, 0.25) is 0 Å². The van der Waals surface area contributed by atoms with Gasteiger partial charge in [0.15, 0.2) is 0 Å². The maximum absolute atomic E-state index is 6.59. The van der Waals surface area contributed by atoms with Crippen molar-refractivity contribution in [3.05, 3.63) is 30.0 Å². The predicted molar refractivity (Wildman–Crippen MR) is 73.8 cm³/mol. The molecule has 1 aromatic carbocycles. The van der Waals surface area contributed by atoms with Crippen LogP contribution >= 0.6 is 0 Å². The van der Waals surface area contributed by atoms with E-state index in [1.165, 1.54) is 29.3 Å². The van der Waals surface area contributed by atoms with Gasteiger partial charge < -0.3 is 15.0 Å². The minimum absolute atomic E-state index is 0.131. The molecule has 18 heavy (non-hydrogen) atoms. The Balaban J connectivity index is 2.19. The molecule has 1 aliphatic rings. The normalized spacial score (nSPS) is 18.4. The van der Waals surface area contributed by atoms with Gasteiger partial charge in [0.1, 0.15) is 5.75 Å². The summed E-state index contributed by atoms with van der Waals surface area (Å²) >= 11 is 0. The molecule has 0 saturated heterocycles. The monoisotopic (exact) mass is 244 g/mol. The summed E-state index contributed by atoms with van der Waals surface area (Å²) in [6, 6.07) is 6.23. The van der Waals surface area contributed by atoms with Crippen LogP contribution in [0.5, 0.6) is 5.75 Å². The number of nitrogens with zero attached hydrogens (tertiary/aromatic N) is 1. The molecule has 1 aromatic heterocycles. The molecule has 3 nitrogen and oxygen atoms in total. The highest BCUT2D eigenvalue weighted by Gasteiger charge is 2.33. The van der Waals surface area contributed by atoms with Crippen molar-refractivity contribution >= 4 is 10.9 Å². The van der Waals surface area contributed by atoms with E-state index in [2.05, 4.69) is 29.9 Å². The SMILES string of the molecule is COc1ccc2c(C3(N)CCCC3)cn(C)c2c1. The van der Waals surface area contributed by atoms with Crippen LogP contribution in [-0.4, -0.2) is 11.7 Å². The van der Waals surface area contributed by atoms with Gasteiger partial charge in [-0.05, 0) is 30.5 Å². The summed E-state index contributed by atoms with van der Waals surface area (Å²) < 4.78 is 7.45. The molecule has 1 saturated carbocycles. The number of benzene rings is 1. The molecule has 3 heteroatoms. The molecule has 0 unspecified atom stereocenters. The van der Waals surface area contributed by atoms with Crippen molar-refractivity contribution in [3.63, 3.8) is 0 Å². The molecule has 0 bridgehead atoms. The molecule has 1 fully saturated rings. The van der Waals surface area contributed by atoms with Gasteiger partial charge >= 0.3 is 0 Å². The van der Waals surface area contributed by atoms with E-state index in [9.17, 15) is 0 Å². The van der Waals surface area contributed by atoms with Gasteiger partial charge in [-0.25, -0.2) is 0 Å². The van der Waals surface area contributed by atoms with Gasteiger partial charge in [-0.3, -0.25) is 0 Å². The number of nitrogens with two attached hydrogens (primary N) is 1. The summed E-state index contributed by atoms with van der Waals surface area (Å²) in [5, 5.41) is 1.27. The van der Waals surface area contributed by atoms with Crippen molar-refractivity contribution in [1.29, 1.82) is 0 Å². The van der Waals surface area contributed by atoms with Gasteiger partial charge in [0, 0.05) is 30.2 Å². The van der Waals surface area contributed by atoms with Gasteiger partial charge in [0.25, 0.3) is 0 Å². The molecule has 0 aliphatic heterocycles. The van der Waals surface area contributed by atoms with Crippen LogP contribution in [0.3, 0.4) is 0 Å². The number of fused-ring (bicyclic) bond motifs is 1. The number of rotatable bonds is 2. The molecular formula is C15H20N2O. The van der Waals surface area contributed by atoms with E-state index in [4.69, 9.17) is 10.5 Å². The summed E-state index contributed by atoms with van der Waals surface area (Å²) in [6.07, 6.45) is 6.86. The van der Waals surface area contributed by atoms with E-state index in [1.807, 2.05) is 6.07 Å². The van der Waals surface area contributed by atoms with Crippen LogP contribution in [0.1, 0.15) is 31.2 Å². The van der Waals surface area contributed by atoms with Crippen LogP contribution in [-0.2, 0) is 12.6 Å². The standard InChI is InChI=1S/C15H20N2O/c1-17-10-13(15(16)7-3-4-8-15)12-6-5-11(18-2)9-14(12)17/h5-6,9-10H,3-4,7-8,16H2,1-2H3. The molecular weight excluding hydrogens is 224 g/mol. The Bertz CT molecular complexity index is 579. The molecule has 2 N–H and O–H groups in total. The molecule has 0 spiro atoms. The van der Waals surface area contributed by atoms with Crippen LogP contribution in [0.4, 0.5) is 0 Å². The number of methoxy groups -OCH3 is 1. The first-order valence-corrected chi connectivity index (χ1v) is 6.56. The fraction of sp³-hybridized carbons (Fsp3) is 0.467. The third-order valence-corrected chi connectivity index (χ3v) is 4.23. The fourth-order valence-electron chi connectivity index (χ4n) is 3.16. The Labute approximate surface area is 108 Å². The number of hydrogen-bond donors (Lipinski definition) is 1. The zero-order chi connectivity index (χ0) is 12.8. The topological polar surface area (TPSA) is 40.2 Å². The lowest BCUT2D eigenvalue weighted by atomic mass is 9.89. The Morgan fingerprint density at radius 3 is 2.67 bits per heavy atom. The Morgan fingerprint density at radius 1 is 1.28 bits per heavy atom. The number of aryl methyl sites for hydroxylation is 1. The molecule has 1 aliphatic carbocycles. The predicted octanol–water partition coefficient (Wildman–Crippen LogP) is 2.91. The summed E-state index contributed by atoms with van der Waals surface area (Å²) in [5.41, 5.74) is 8.94. The van der Waals surface area contributed by atoms with Crippen LogP contribution in [0.15, 0.2) is 24.4 Å². The van der Waals surface area contributed by atoms with Gasteiger partial charge in [-0.1, -0.05) is 12.8 Å². The summed E-state index contributed by atoms with van der Waals surface area (Å²) in [5.74, 6) is 0.896. The van der Waals surface area contributed by atoms with Gasteiger partial charge in [0.05, 0.1) is 12.6 Å². The van der Waals surface area contributed by atoms with Crippen molar-refractivity contribution in [2.45, 2.75) is 31.2 Å². The van der Waals surface area contributed by atoms with Crippen molar-refractivity contribution in [1.82, 2.24) is 4.57 Å². The Morgan fingerprint density at radius 2 is 2.00 bits per heavy atom. The van der Waals surface area contributed by atoms with Gasteiger partial charge in [-0.15, -0.1) is 0 Å². The van der Waals surface area contributed by atoms with Crippen LogP contribution < -0.4 is 10.5 Å². The summed E-state index contributed by atoms with van der Waals surface area (Å²) in [7, 11) is 3.77. The first-order valence-electron chi connectivity index (χ1n) is 6.56. The maximum Gasteiger partial charge on any atom is 0.120 e. The van der Waals surface area contributed by atoms with Crippen molar-refractivity contribution in [2.24, 2.45) is 12.8 Å². The molecule has 96 valence electrons. The number of hydrogen-bond acceptors (Lipinski definition) is 2.